The number of aromatic nitrogens is 2. The van der Waals surface area contributed by atoms with Crippen LogP contribution in [0.2, 0.25) is 0 Å². The third kappa shape index (κ3) is 1.56. The summed E-state index contributed by atoms with van der Waals surface area (Å²) in [7, 11) is 0. The van der Waals surface area contributed by atoms with Crippen LogP contribution < -0.4 is 26.8 Å². The summed E-state index contributed by atoms with van der Waals surface area (Å²) in [4.78, 5) is 12.9. The molecule has 1 aromatic rings. The van der Waals surface area contributed by atoms with Gasteiger partial charge in [0.1, 0.15) is 0 Å². The zero-order valence-corrected chi connectivity index (χ0v) is 7.97. The summed E-state index contributed by atoms with van der Waals surface area (Å²) >= 11 is -0.00145. The molecule has 0 aliphatic carbocycles. The van der Waals surface area contributed by atoms with Crippen LogP contribution in [0.3, 0.4) is 0 Å². The Kier molecular flexibility index (Phi) is 2.42. The van der Waals surface area contributed by atoms with Gasteiger partial charge in [-0.05, 0) is 0 Å². The molecule has 0 saturated heterocycles. The Morgan fingerprint density at radius 3 is 2.90 bits per heavy atom. The van der Waals surface area contributed by atoms with E-state index < -0.39 is 0 Å². The van der Waals surface area contributed by atoms with Crippen LogP contribution in [0.25, 0.3) is 0 Å². The zero-order valence-electron chi connectivity index (χ0n) is 5.81. The van der Waals surface area contributed by atoms with Crippen LogP contribution in [0, 0.1) is 10.6 Å². The maximum absolute atomic E-state index is 10.8. The molecular formula is C6H8IN2O-. The Balaban J connectivity index is 3.17. The average molecular weight is 251 g/mol. The fraction of sp³-hybridized carbons (Fsp3) is 0.333. The minimum atomic E-state index is -0.0822. The van der Waals surface area contributed by atoms with Crippen LogP contribution in [0.1, 0.15) is 5.56 Å². The van der Waals surface area contributed by atoms with Crippen molar-refractivity contribution in [1.82, 2.24) is 10.2 Å². The van der Waals surface area contributed by atoms with Crippen molar-refractivity contribution in [3.05, 3.63) is 25.7 Å². The van der Waals surface area contributed by atoms with E-state index in [1.807, 2.05) is 6.07 Å². The summed E-state index contributed by atoms with van der Waals surface area (Å²) in [6.45, 7) is 1.80. The number of aromatic amines is 1. The molecule has 3 nitrogen and oxygen atoms in total. The van der Waals surface area contributed by atoms with E-state index in [4.69, 9.17) is 0 Å². The maximum atomic E-state index is 10.8. The standard InChI is InChI=1S/C6H8IN2O/c1-4-3-5(7-2)8-9-6(4)10/h3H,1-2H3,(H,9,10)/q-1. The van der Waals surface area contributed by atoms with Gasteiger partial charge in [-0.25, -0.2) is 0 Å². The Morgan fingerprint density at radius 1 is 1.70 bits per heavy atom. The van der Waals surface area contributed by atoms with Gasteiger partial charge in [-0.2, -0.15) is 0 Å². The van der Waals surface area contributed by atoms with Gasteiger partial charge in [0.2, 0.25) is 0 Å². The van der Waals surface area contributed by atoms with Crippen LogP contribution in [0.4, 0.5) is 0 Å². The van der Waals surface area contributed by atoms with Crippen molar-refractivity contribution in [2.24, 2.45) is 0 Å². The van der Waals surface area contributed by atoms with Crippen molar-refractivity contribution in [1.29, 1.82) is 0 Å². The van der Waals surface area contributed by atoms with Crippen molar-refractivity contribution >= 4 is 0 Å². The Bertz CT molecular complexity index is 281. The first-order valence-corrected chi connectivity index (χ1v) is 6.03. The molecule has 0 spiro atoms. The summed E-state index contributed by atoms with van der Waals surface area (Å²) in [6.07, 6.45) is 0. The molecule has 10 heavy (non-hydrogen) atoms. The molecule has 0 unspecified atom stereocenters. The quantitative estimate of drug-likeness (QED) is 0.426. The van der Waals surface area contributed by atoms with Gasteiger partial charge in [0.05, 0.1) is 0 Å². The third-order valence-electron chi connectivity index (χ3n) is 1.15. The molecule has 0 bridgehead atoms. The van der Waals surface area contributed by atoms with Gasteiger partial charge in [0, 0.05) is 0 Å². The number of nitrogens with one attached hydrogen (secondary N) is 1. The van der Waals surface area contributed by atoms with Crippen molar-refractivity contribution in [3.8, 4) is 0 Å². The topological polar surface area (TPSA) is 45.8 Å². The molecule has 0 aliphatic heterocycles. The van der Waals surface area contributed by atoms with Gasteiger partial charge in [0.25, 0.3) is 0 Å². The summed E-state index contributed by atoms with van der Waals surface area (Å²) in [6, 6.07) is 1.85. The van der Waals surface area contributed by atoms with Crippen LogP contribution in [0.5, 0.6) is 0 Å². The SMILES string of the molecule is C[I-]c1cc(C)c(=O)[nH]n1. The van der Waals surface area contributed by atoms with E-state index in [9.17, 15) is 4.79 Å². The second kappa shape index (κ2) is 3.14. The number of nitrogens with zero attached hydrogens (tertiary/aromatic N) is 1. The Hall–Kier alpha value is -0.390. The van der Waals surface area contributed by atoms with Gasteiger partial charge < -0.3 is 0 Å². The van der Waals surface area contributed by atoms with Gasteiger partial charge in [0.15, 0.2) is 0 Å². The number of rotatable bonds is 1. The van der Waals surface area contributed by atoms with E-state index in [0.717, 1.165) is 9.26 Å². The molecule has 1 rings (SSSR count). The molecular weight excluding hydrogens is 243 g/mol. The number of hydrogen-bond donors (Lipinski definition) is 1. The normalized spacial score (nSPS) is 10.2. The monoisotopic (exact) mass is 251 g/mol. The molecule has 1 N–H and O–H groups in total. The van der Waals surface area contributed by atoms with E-state index in [2.05, 4.69) is 15.1 Å². The van der Waals surface area contributed by atoms with Crippen LogP contribution >= 0.6 is 0 Å². The van der Waals surface area contributed by atoms with Crippen LogP contribution in [-0.2, 0) is 0 Å². The van der Waals surface area contributed by atoms with E-state index in [-0.39, 0.29) is 26.8 Å². The molecule has 0 aliphatic rings. The molecule has 0 amide bonds. The number of H-pyrrole nitrogens is 1. The Labute approximate surface area is 69.1 Å². The molecule has 0 aromatic carbocycles. The van der Waals surface area contributed by atoms with E-state index in [1.165, 1.54) is 0 Å². The Morgan fingerprint density at radius 2 is 2.40 bits per heavy atom. The minimum absolute atomic E-state index is 0.00145. The molecule has 0 fully saturated rings. The average Bonchev–Trinajstić information content (AvgIpc) is 1.95. The molecule has 0 atom stereocenters. The summed E-state index contributed by atoms with van der Waals surface area (Å²) < 4.78 is 1.04. The van der Waals surface area contributed by atoms with Crippen LogP contribution in [0.15, 0.2) is 10.9 Å². The first-order valence-electron chi connectivity index (χ1n) is 2.80. The molecule has 0 radical (unpaired) electrons. The van der Waals surface area contributed by atoms with Gasteiger partial charge in [-0.3, -0.25) is 0 Å². The van der Waals surface area contributed by atoms with E-state index in [0.29, 0.717) is 0 Å². The van der Waals surface area contributed by atoms with Crippen molar-refractivity contribution < 1.29 is 21.2 Å². The van der Waals surface area contributed by atoms with E-state index >= 15 is 0 Å². The van der Waals surface area contributed by atoms with Crippen molar-refractivity contribution in [2.75, 3.05) is 4.93 Å². The third-order valence-corrected chi connectivity index (χ3v) is 2.81. The summed E-state index contributed by atoms with van der Waals surface area (Å²) in [5.74, 6) is 0. The first kappa shape index (κ1) is 7.71. The predicted octanol–water partition coefficient (Wildman–Crippen LogP) is -3.03. The molecule has 0 saturated carbocycles. The number of aryl methyl sites for hydroxylation is 1. The van der Waals surface area contributed by atoms with E-state index in [1.54, 1.807) is 6.92 Å². The second-order valence-corrected chi connectivity index (χ2v) is 4.08. The molecule has 1 aromatic heterocycles. The van der Waals surface area contributed by atoms with Crippen molar-refractivity contribution in [2.45, 2.75) is 6.92 Å². The predicted molar refractivity (Wildman–Crippen MR) is 34.2 cm³/mol. The van der Waals surface area contributed by atoms with Crippen molar-refractivity contribution in [3.63, 3.8) is 0 Å². The first-order chi connectivity index (χ1) is 4.74. The number of halogens is 1. The number of alkyl halides is 1. The fourth-order valence-electron chi connectivity index (χ4n) is 0.566. The van der Waals surface area contributed by atoms with Gasteiger partial charge >= 0.3 is 68.9 Å². The summed E-state index contributed by atoms with van der Waals surface area (Å²) in [5, 5.41) is 6.31. The molecule has 56 valence electrons. The summed E-state index contributed by atoms with van der Waals surface area (Å²) in [5.41, 5.74) is 0.674. The van der Waals surface area contributed by atoms with Gasteiger partial charge in [-0.15, -0.1) is 0 Å². The molecule has 4 heteroatoms. The second-order valence-electron chi connectivity index (χ2n) is 1.89. The van der Waals surface area contributed by atoms with Gasteiger partial charge in [-0.1, -0.05) is 0 Å². The zero-order chi connectivity index (χ0) is 7.56. The number of hydrogen-bond acceptors (Lipinski definition) is 2. The molecule has 1 heterocycles. The van der Waals surface area contributed by atoms with Crippen LogP contribution in [-0.4, -0.2) is 15.1 Å². The fourth-order valence-corrected chi connectivity index (χ4v) is 1.71.